The minimum absolute atomic E-state index is 0.167. The van der Waals surface area contributed by atoms with E-state index in [1.807, 2.05) is 0 Å². The van der Waals surface area contributed by atoms with Crippen molar-refractivity contribution < 1.29 is 4.79 Å². The van der Waals surface area contributed by atoms with Crippen molar-refractivity contribution in [2.45, 2.75) is 26.3 Å². The summed E-state index contributed by atoms with van der Waals surface area (Å²) in [7, 11) is 0. The first-order valence-electron chi connectivity index (χ1n) is 5.43. The van der Waals surface area contributed by atoms with E-state index in [-0.39, 0.29) is 5.78 Å². The van der Waals surface area contributed by atoms with Crippen LogP contribution in [-0.2, 0) is 6.54 Å². The molecule has 15 heavy (non-hydrogen) atoms. The van der Waals surface area contributed by atoms with Crippen LogP contribution in [0.3, 0.4) is 0 Å². The summed E-state index contributed by atoms with van der Waals surface area (Å²) < 4.78 is 1.70. The van der Waals surface area contributed by atoms with Gasteiger partial charge in [0.15, 0.2) is 5.78 Å². The van der Waals surface area contributed by atoms with Crippen LogP contribution in [0.5, 0.6) is 0 Å². The molecule has 0 unspecified atom stereocenters. The lowest BCUT2D eigenvalue weighted by atomic mass is 9.96. The Hall–Kier alpha value is -1.23. The molecular weight excluding hydrogens is 192 g/mol. The second-order valence-corrected chi connectivity index (χ2v) is 3.99. The minimum Gasteiger partial charge on any atom is -0.316 e. The molecule has 1 aromatic rings. The molecule has 1 saturated heterocycles. The van der Waals surface area contributed by atoms with Gasteiger partial charge in [-0.05, 0) is 25.4 Å². The number of aromatic nitrogens is 3. The molecular formula is C10H16N4O. The van der Waals surface area contributed by atoms with E-state index in [9.17, 15) is 4.79 Å². The zero-order chi connectivity index (χ0) is 10.7. The van der Waals surface area contributed by atoms with E-state index in [4.69, 9.17) is 0 Å². The summed E-state index contributed by atoms with van der Waals surface area (Å²) in [6.07, 6.45) is 3.16. The average molecular weight is 208 g/mol. The standard InChI is InChI=1S/C10H16N4O/c1-2-3-14-9(7-12-13-14)10(15)4-8-5-11-6-8/h7-8,11H,2-6H2,1H3. The summed E-state index contributed by atoms with van der Waals surface area (Å²) in [6, 6.07) is 0. The Morgan fingerprint density at radius 3 is 3.07 bits per heavy atom. The van der Waals surface area contributed by atoms with Gasteiger partial charge in [-0.2, -0.15) is 0 Å². The van der Waals surface area contributed by atoms with Crippen molar-refractivity contribution in [2.24, 2.45) is 5.92 Å². The summed E-state index contributed by atoms with van der Waals surface area (Å²) in [5.74, 6) is 0.669. The summed E-state index contributed by atoms with van der Waals surface area (Å²) in [5, 5.41) is 10.9. The maximum atomic E-state index is 11.9. The van der Waals surface area contributed by atoms with Gasteiger partial charge < -0.3 is 5.32 Å². The zero-order valence-corrected chi connectivity index (χ0v) is 8.94. The molecule has 5 heteroatoms. The molecule has 82 valence electrons. The van der Waals surface area contributed by atoms with Gasteiger partial charge >= 0.3 is 0 Å². The monoisotopic (exact) mass is 208 g/mol. The summed E-state index contributed by atoms with van der Waals surface area (Å²) in [6.45, 7) is 4.75. The number of carbonyl (C=O) groups excluding carboxylic acids is 1. The highest BCUT2D eigenvalue weighted by molar-refractivity contribution is 5.94. The summed E-state index contributed by atoms with van der Waals surface area (Å²) >= 11 is 0. The highest BCUT2D eigenvalue weighted by atomic mass is 16.1. The molecule has 1 aliphatic heterocycles. The molecule has 0 amide bonds. The Balaban J connectivity index is 2.00. The first-order valence-corrected chi connectivity index (χ1v) is 5.43. The van der Waals surface area contributed by atoms with Gasteiger partial charge in [-0.1, -0.05) is 12.1 Å². The first-order chi connectivity index (χ1) is 7.31. The lowest BCUT2D eigenvalue weighted by Gasteiger charge is -2.26. The number of Topliss-reactive ketones (excluding diaryl/α,β-unsaturated/α-hetero) is 1. The number of aryl methyl sites for hydroxylation is 1. The molecule has 1 aliphatic rings. The van der Waals surface area contributed by atoms with Crippen molar-refractivity contribution in [3.8, 4) is 0 Å². The Morgan fingerprint density at radius 2 is 2.47 bits per heavy atom. The topological polar surface area (TPSA) is 59.8 Å². The van der Waals surface area contributed by atoms with Crippen LogP contribution >= 0.6 is 0 Å². The van der Waals surface area contributed by atoms with Gasteiger partial charge in [0, 0.05) is 13.0 Å². The Labute approximate surface area is 88.9 Å². The highest BCUT2D eigenvalue weighted by Crippen LogP contribution is 2.12. The fourth-order valence-corrected chi connectivity index (χ4v) is 1.71. The van der Waals surface area contributed by atoms with E-state index in [1.54, 1.807) is 10.9 Å². The lowest BCUT2D eigenvalue weighted by Crippen LogP contribution is -2.43. The molecule has 2 heterocycles. The van der Waals surface area contributed by atoms with Crippen molar-refractivity contribution >= 4 is 5.78 Å². The van der Waals surface area contributed by atoms with Crippen LogP contribution in [0.4, 0.5) is 0 Å². The van der Waals surface area contributed by atoms with Gasteiger partial charge in [0.25, 0.3) is 0 Å². The van der Waals surface area contributed by atoms with Crippen molar-refractivity contribution in [2.75, 3.05) is 13.1 Å². The third kappa shape index (κ3) is 2.23. The number of hydrogen-bond acceptors (Lipinski definition) is 4. The zero-order valence-electron chi connectivity index (χ0n) is 8.94. The molecule has 0 spiro atoms. The fraction of sp³-hybridized carbons (Fsp3) is 0.700. The molecule has 1 aromatic heterocycles. The van der Waals surface area contributed by atoms with Gasteiger partial charge in [0.1, 0.15) is 5.69 Å². The molecule has 1 N–H and O–H groups in total. The quantitative estimate of drug-likeness (QED) is 0.715. The van der Waals surface area contributed by atoms with E-state index in [2.05, 4.69) is 22.6 Å². The maximum Gasteiger partial charge on any atom is 0.182 e. The number of carbonyl (C=O) groups is 1. The highest BCUT2D eigenvalue weighted by Gasteiger charge is 2.22. The van der Waals surface area contributed by atoms with Crippen molar-refractivity contribution in [1.82, 2.24) is 20.3 Å². The predicted octanol–water partition coefficient (Wildman–Crippen LogP) is 0.480. The normalized spacial score (nSPS) is 16.3. The number of hydrogen-bond donors (Lipinski definition) is 1. The van der Waals surface area contributed by atoms with Crippen LogP contribution in [0.25, 0.3) is 0 Å². The lowest BCUT2D eigenvalue weighted by molar-refractivity contribution is 0.0934. The van der Waals surface area contributed by atoms with E-state index < -0.39 is 0 Å². The van der Waals surface area contributed by atoms with Crippen LogP contribution < -0.4 is 5.32 Å². The van der Waals surface area contributed by atoms with Crippen LogP contribution in [0, 0.1) is 5.92 Å². The molecule has 0 atom stereocenters. The van der Waals surface area contributed by atoms with Crippen LogP contribution in [0.2, 0.25) is 0 Å². The van der Waals surface area contributed by atoms with Gasteiger partial charge in [0.2, 0.25) is 0 Å². The number of ketones is 1. The third-order valence-electron chi connectivity index (χ3n) is 2.68. The van der Waals surface area contributed by atoms with E-state index >= 15 is 0 Å². The van der Waals surface area contributed by atoms with Crippen LogP contribution in [0.15, 0.2) is 6.20 Å². The molecule has 0 saturated carbocycles. The van der Waals surface area contributed by atoms with E-state index in [1.165, 1.54) is 0 Å². The van der Waals surface area contributed by atoms with Gasteiger partial charge in [-0.25, -0.2) is 4.68 Å². The molecule has 0 radical (unpaired) electrons. The SMILES string of the molecule is CCCn1nncc1C(=O)CC1CNC1. The molecule has 0 aromatic carbocycles. The van der Waals surface area contributed by atoms with Crippen molar-refractivity contribution in [1.29, 1.82) is 0 Å². The second-order valence-electron chi connectivity index (χ2n) is 3.99. The largest absolute Gasteiger partial charge is 0.316 e. The van der Waals surface area contributed by atoms with E-state index in [0.29, 0.717) is 18.0 Å². The number of nitrogens with zero attached hydrogens (tertiary/aromatic N) is 3. The van der Waals surface area contributed by atoms with Gasteiger partial charge in [0.05, 0.1) is 6.20 Å². The second kappa shape index (κ2) is 4.53. The van der Waals surface area contributed by atoms with Gasteiger partial charge in [-0.15, -0.1) is 5.10 Å². The smallest absolute Gasteiger partial charge is 0.182 e. The van der Waals surface area contributed by atoms with Crippen molar-refractivity contribution in [3.63, 3.8) is 0 Å². The summed E-state index contributed by atoms with van der Waals surface area (Å²) in [5.41, 5.74) is 0.656. The Bertz CT molecular complexity index is 343. The number of rotatable bonds is 5. The molecule has 0 aliphatic carbocycles. The summed E-state index contributed by atoms with van der Waals surface area (Å²) in [4.78, 5) is 11.9. The van der Waals surface area contributed by atoms with Crippen molar-refractivity contribution in [3.05, 3.63) is 11.9 Å². The first kappa shape index (κ1) is 10.3. The molecule has 1 fully saturated rings. The molecule has 5 nitrogen and oxygen atoms in total. The Kier molecular flexibility index (Phi) is 3.11. The van der Waals surface area contributed by atoms with E-state index in [0.717, 1.165) is 26.1 Å². The Morgan fingerprint density at radius 1 is 1.67 bits per heavy atom. The third-order valence-corrected chi connectivity index (χ3v) is 2.68. The minimum atomic E-state index is 0.167. The van der Waals surface area contributed by atoms with Crippen LogP contribution in [-0.4, -0.2) is 33.9 Å². The predicted molar refractivity (Wildman–Crippen MR) is 55.6 cm³/mol. The maximum absolute atomic E-state index is 11.9. The van der Waals surface area contributed by atoms with Gasteiger partial charge in [-0.3, -0.25) is 4.79 Å². The molecule has 2 rings (SSSR count). The average Bonchev–Trinajstić information content (AvgIpc) is 2.60. The van der Waals surface area contributed by atoms with Crippen LogP contribution in [0.1, 0.15) is 30.3 Å². The molecule has 0 bridgehead atoms. The number of nitrogens with one attached hydrogen (secondary N) is 1. The fourth-order valence-electron chi connectivity index (χ4n) is 1.71.